The lowest BCUT2D eigenvalue weighted by Gasteiger charge is -2.28. The van der Waals surface area contributed by atoms with E-state index in [0.717, 1.165) is 55.6 Å². The third-order valence-electron chi connectivity index (χ3n) is 7.31. The van der Waals surface area contributed by atoms with E-state index in [1.165, 1.54) is 23.5 Å². The zero-order chi connectivity index (χ0) is 26.0. The number of hydrogen-bond acceptors (Lipinski definition) is 7. The number of likely N-dealkylation sites (N-methyl/N-ethyl adjacent to an activating group) is 1. The van der Waals surface area contributed by atoms with Crippen LogP contribution in [0.4, 0.5) is 5.00 Å². The first-order valence-electron chi connectivity index (χ1n) is 13.0. The Kier molecular flexibility index (Phi) is 7.96. The van der Waals surface area contributed by atoms with E-state index >= 15 is 0 Å². The number of benzene rings is 1. The van der Waals surface area contributed by atoms with E-state index in [0.29, 0.717) is 55.5 Å². The highest BCUT2D eigenvalue weighted by molar-refractivity contribution is 7.89. The maximum absolute atomic E-state index is 13.5. The van der Waals surface area contributed by atoms with Crippen LogP contribution in [0.3, 0.4) is 0 Å². The molecule has 2 aromatic rings. The van der Waals surface area contributed by atoms with Gasteiger partial charge < -0.3 is 19.9 Å². The maximum Gasteiger partial charge on any atom is 0.257 e. The molecule has 1 aromatic carbocycles. The van der Waals surface area contributed by atoms with E-state index in [2.05, 4.69) is 10.2 Å². The van der Waals surface area contributed by atoms with Crippen LogP contribution in [-0.2, 0) is 27.7 Å². The van der Waals surface area contributed by atoms with Crippen molar-refractivity contribution in [3.63, 3.8) is 0 Å². The summed E-state index contributed by atoms with van der Waals surface area (Å²) in [7, 11) is -1.54. The number of carbonyl (C=O) groups is 2. The number of rotatable bonds is 5. The van der Waals surface area contributed by atoms with Gasteiger partial charge in [-0.05, 0) is 56.1 Å². The number of thiophene rings is 1. The Morgan fingerprint density at radius 2 is 1.62 bits per heavy atom. The van der Waals surface area contributed by atoms with Crippen molar-refractivity contribution in [2.24, 2.45) is 0 Å². The molecule has 3 aliphatic rings. The summed E-state index contributed by atoms with van der Waals surface area (Å²) >= 11 is 1.45. The number of amides is 2. The fourth-order valence-electron chi connectivity index (χ4n) is 5.15. The van der Waals surface area contributed by atoms with Crippen molar-refractivity contribution in [2.75, 3.05) is 58.3 Å². The molecule has 0 atom stereocenters. The molecule has 0 radical (unpaired) electrons. The monoisotopic (exact) mass is 546 g/mol. The van der Waals surface area contributed by atoms with Gasteiger partial charge in [0.05, 0.1) is 23.7 Å². The smallest absolute Gasteiger partial charge is 0.257 e. The molecule has 1 N–H and O–H groups in total. The summed E-state index contributed by atoms with van der Waals surface area (Å²) in [4.78, 5) is 32.0. The number of nitrogens with zero attached hydrogens (tertiary/aromatic N) is 3. The van der Waals surface area contributed by atoms with Crippen LogP contribution >= 0.6 is 11.3 Å². The van der Waals surface area contributed by atoms with Crippen molar-refractivity contribution in [1.29, 1.82) is 0 Å². The lowest BCUT2D eigenvalue weighted by molar-refractivity contribution is 0.0303. The van der Waals surface area contributed by atoms with E-state index < -0.39 is 10.0 Å². The summed E-state index contributed by atoms with van der Waals surface area (Å²) < 4.78 is 33.1. The van der Waals surface area contributed by atoms with E-state index in [1.807, 2.05) is 7.05 Å². The zero-order valence-electron chi connectivity index (χ0n) is 21.2. The Morgan fingerprint density at radius 1 is 0.946 bits per heavy atom. The zero-order valence-corrected chi connectivity index (χ0v) is 22.8. The summed E-state index contributed by atoms with van der Waals surface area (Å²) in [6.07, 6.45) is 4.58. The highest BCUT2D eigenvalue weighted by Crippen LogP contribution is 2.38. The average Bonchev–Trinajstić information content (AvgIpc) is 3.06. The van der Waals surface area contributed by atoms with Crippen molar-refractivity contribution in [2.45, 2.75) is 43.5 Å². The first-order valence-corrected chi connectivity index (χ1v) is 15.2. The Bertz CT molecular complexity index is 1240. The van der Waals surface area contributed by atoms with Gasteiger partial charge in [-0.1, -0.05) is 12.8 Å². The highest BCUT2D eigenvalue weighted by Gasteiger charge is 2.31. The molecule has 11 heteroatoms. The van der Waals surface area contributed by atoms with Crippen LogP contribution in [0, 0.1) is 0 Å². The van der Waals surface area contributed by atoms with E-state index in [4.69, 9.17) is 4.74 Å². The summed E-state index contributed by atoms with van der Waals surface area (Å²) in [5.74, 6) is -0.429. The van der Waals surface area contributed by atoms with Gasteiger partial charge in [0, 0.05) is 49.7 Å². The Labute approximate surface area is 222 Å². The Morgan fingerprint density at radius 3 is 2.30 bits per heavy atom. The fourth-order valence-corrected chi connectivity index (χ4v) is 7.99. The van der Waals surface area contributed by atoms with Crippen molar-refractivity contribution in [3.8, 4) is 0 Å². The van der Waals surface area contributed by atoms with Crippen LogP contribution in [0.1, 0.15) is 56.8 Å². The molecule has 2 amide bonds. The van der Waals surface area contributed by atoms with Crippen LogP contribution in [0.5, 0.6) is 0 Å². The highest BCUT2D eigenvalue weighted by atomic mass is 32.2. The first-order chi connectivity index (χ1) is 17.8. The topological polar surface area (TPSA) is 99.3 Å². The molecule has 2 fully saturated rings. The number of sulfonamides is 1. The molecule has 9 nitrogen and oxygen atoms in total. The molecule has 0 aliphatic carbocycles. The van der Waals surface area contributed by atoms with E-state index in [9.17, 15) is 18.0 Å². The maximum atomic E-state index is 13.5. The molecule has 1 aromatic heterocycles. The number of nitrogens with one attached hydrogen (secondary N) is 1. The standard InChI is InChI=1S/C26H34N4O5S2/c1-28-13-10-21-22(18-28)36-25(23(21)26(32)29-14-16-35-17-15-29)27-24(31)19-6-8-20(9-7-19)37(33,34)30-11-4-2-3-5-12-30/h6-9H,2-5,10-18H2,1H3,(H,27,31). The number of carbonyl (C=O) groups excluding carboxylic acids is 2. The Balaban J connectivity index is 1.37. The molecule has 37 heavy (non-hydrogen) atoms. The number of fused-ring (bicyclic) bond motifs is 1. The Hall–Kier alpha value is -2.31. The van der Waals surface area contributed by atoms with Crippen LogP contribution in [0.15, 0.2) is 29.2 Å². The average molecular weight is 547 g/mol. The largest absolute Gasteiger partial charge is 0.378 e. The summed E-state index contributed by atoms with van der Waals surface area (Å²) in [5.41, 5.74) is 1.96. The van der Waals surface area contributed by atoms with Gasteiger partial charge >= 0.3 is 0 Å². The van der Waals surface area contributed by atoms with Crippen LogP contribution in [0.2, 0.25) is 0 Å². The van der Waals surface area contributed by atoms with E-state index in [1.54, 1.807) is 21.3 Å². The van der Waals surface area contributed by atoms with Crippen molar-refractivity contribution in [1.82, 2.24) is 14.1 Å². The predicted octanol–water partition coefficient (Wildman–Crippen LogP) is 3.03. The van der Waals surface area contributed by atoms with Crippen LogP contribution in [-0.4, -0.2) is 87.3 Å². The summed E-state index contributed by atoms with van der Waals surface area (Å²) in [6, 6.07) is 6.10. The lowest BCUT2D eigenvalue weighted by Crippen LogP contribution is -2.41. The van der Waals surface area contributed by atoms with Crippen LogP contribution < -0.4 is 5.32 Å². The molecule has 0 spiro atoms. The molecule has 200 valence electrons. The lowest BCUT2D eigenvalue weighted by atomic mass is 10.0. The summed E-state index contributed by atoms with van der Waals surface area (Å²) in [5, 5.41) is 3.53. The second-order valence-corrected chi connectivity index (χ2v) is 12.9. The second kappa shape index (κ2) is 11.2. The number of morpholine rings is 1. The molecule has 0 bridgehead atoms. The number of anilines is 1. The van der Waals surface area contributed by atoms with Crippen molar-refractivity contribution >= 4 is 38.2 Å². The third-order valence-corrected chi connectivity index (χ3v) is 10.4. The van der Waals surface area contributed by atoms with Gasteiger partial charge in [0.2, 0.25) is 10.0 Å². The second-order valence-electron chi connectivity index (χ2n) is 9.90. The molecule has 2 saturated heterocycles. The van der Waals surface area contributed by atoms with Gasteiger partial charge in [0.1, 0.15) is 5.00 Å². The van der Waals surface area contributed by atoms with Crippen molar-refractivity contribution < 1.29 is 22.7 Å². The number of hydrogen-bond donors (Lipinski definition) is 1. The van der Waals surface area contributed by atoms with E-state index in [-0.39, 0.29) is 16.7 Å². The molecular formula is C26H34N4O5S2. The first kappa shape index (κ1) is 26.3. The molecule has 0 saturated carbocycles. The molecule has 4 heterocycles. The normalized spacial score (nSPS) is 19.8. The third kappa shape index (κ3) is 5.61. The van der Waals surface area contributed by atoms with Gasteiger partial charge in [-0.3, -0.25) is 9.59 Å². The fraction of sp³-hybridized carbons (Fsp3) is 0.538. The van der Waals surface area contributed by atoms with Gasteiger partial charge in [0.15, 0.2) is 0 Å². The molecular weight excluding hydrogens is 512 g/mol. The molecule has 5 rings (SSSR count). The van der Waals surface area contributed by atoms with Gasteiger partial charge in [-0.25, -0.2) is 8.42 Å². The molecule has 3 aliphatic heterocycles. The van der Waals surface area contributed by atoms with Gasteiger partial charge in [0.25, 0.3) is 11.8 Å². The minimum Gasteiger partial charge on any atom is -0.378 e. The minimum atomic E-state index is -3.59. The van der Waals surface area contributed by atoms with Gasteiger partial charge in [-0.15, -0.1) is 11.3 Å². The van der Waals surface area contributed by atoms with Gasteiger partial charge in [-0.2, -0.15) is 4.31 Å². The van der Waals surface area contributed by atoms with Crippen LogP contribution in [0.25, 0.3) is 0 Å². The summed E-state index contributed by atoms with van der Waals surface area (Å²) in [6.45, 7) is 4.74. The molecule has 0 unspecified atom stereocenters. The van der Waals surface area contributed by atoms with Crippen molar-refractivity contribution in [3.05, 3.63) is 45.8 Å². The number of ether oxygens (including phenoxy) is 1. The predicted molar refractivity (Wildman–Crippen MR) is 143 cm³/mol. The minimum absolute atomic E-state index is 0.0699. The quantitative estimate of drug-likeness (QED) is 0.619. The SMILES string of the molecule is CN1CCc2c(sc(NC(=O)c3ccc(S(=O)(=O)N4CCCCCC4)cc3)c2C(=O)N2CCOCC2)C1.